The highest BCUT2D eigenvalue weighted by atomic mass is 35.5. The number of rotatable bonds is 8. The molecule has 1 aliphatic carbocycles. The number of carbonyl (C=O) groups is 3. The Labute approximate surface area is 207 Å². The van der Waals surface area contributed by atoms with Crippen LogP contribution in [0, 0.1) is 5.92 Å². The lowest BCUT2D eigenvalue weighted by atomic mass is 9.82. The summed E-state index contributed by atoms with van der Waals surface area (Å²) in [7, 11) is 1.56. The van der Waals surface area contributed by atoms with Gasteiger partial charge >= 0.3 is 6.03 Å². The van der Waals surface area contributed by atoms with E-state index < -0.39 is 6.04 Å². The number of amides is 4. The number of carbonyl (C=O) groups excluding carboxylic acids is 3. The Morgan fingerprint density at radius 2 is 1.76 bits per heavy atom. The van der Waals surface area contributed by atoms with Gasteiger partial charge in [-0.25, -0.2) is 4.79 Å². The van der Waals surface area contributed by atoms with E-state index in [0.29, 0.717) is 22.8 Å². The van der Waals surface area contributed by atoms with Crippen molar-refractivity contribution >= 4 is 29.4 Å². The third kappa shape index (κ3) is 9.05. The molecule has 1 aromatic carbocycles. The van der Waals surface area contributed by atoms with Crippen LogP contribution in [-0.2, 0) is 4.79 Å². The molecule has 34 heavy (non-hydrogen) atoms. The van der Waals surface area contributed by atoms with Crippen LogP contribution in [0.2, 0.25) is 5.02 Å². The van der Waals surface area contributed by atoms with Gasteiger partial charge in [-0.1, -0.05) is 11.6 Å². The fourth-order valence-electron chi connectivity index (χ4n) is 4.08. The Hall–Kier alpha value is -2.48. The van der Waals surface area contributed by atoms with Gasteiger partial charge in [-0.2, -0.15) is 0 Å². The third-order valence-electron chi connectivity index (χ3n) is 5.66. The summed E-state index contributed by atoms with van der Waals surface area (Å²) < 4.78 is 5.62. The minimum atomic E-state index is -0.651. The first-order valence-electron chi connectivity index (χ1n) is 11.9. The maximum Gasteiger partial charge on any atom is 0.315 e. The molecule has 1 aliphatic rings. The minimum absolute atomic E-state index is 0.0343. The van der Waals surface area contributed by atoms with Crippen LogP contribution in [0.5, 0.6) is 5.75 Å². The zero-order valence-electron chi connectivity index (χ0n) is 21.1. The summed E-state index contributed by atoms with van der Waals surface area (Å²) in [5, 5.41) is 11.8. The molecule has 0 aromatic heterocycles. The number of urea groups is 1. The number of benzene rings is 1. The van der Waals surface area contributed by atoms with Gasteiger partial charge in [0.05, 0.1) is 11.1 Å². The van der Waals surface area contributed by atoms with E-state index in [2.05, 4.69) is 21.3 Å². The summed E-state index contributed by atoms with van der Waals surface area (Å²) in [4.78, 5) is 37.5. The molecule has 1 atom stereocenters. The van der Waals surface area contributed by atoms with Gasteiger partial charge in [0.25, 0.3) is 5.91 Å². The fraction of sp³-hybridized carbons (Fsp3) is 0.640. The summed E-state index contributed by atoms with van der Waals surface area (Å²) in [6.07, 6.45) is 3.92. The molecule has 1 fully saturated rings. The van der Waals surface area contributed by atoms with E-state index in [0.717, 1.165) is 25.7 Å². The minimum Gasteiger partial charge on any atom is -0.489 e. The van der Waals surface area contributed by atoms with Gasteiger partial charge in [-0.15, -0.1) is 0 Å². The summed E-state index contributed by atoms with van der Waals surface area (Å²) in [6, 6.07) is 4.15. The first-order valence-corrected chi connectivity index (χ1v) is 12.3. The highest BCUT2D eigenvalue weighted by molar-refractivity contribution is 6.32. The Morgan fingerprint density at radius 1 is 1.12 bits per heavy atom. The quantitative estimate of drug-likeness (QED) is 0.437. The van der Waals surface area contributed by atoms with Crippen molar-refractivity contribution in [1.29, 1.82) is 0 Å². The van der Waals surface area contributed by atoms with E-state index in [9.17, 15) is 14.4 Å². The van der Waals surface area contributed by atoms with Gasteiger partial charge < -0.3 is 26.0 Å². The van der Waals surface area contributed by atoms with Gasteiger partial charge in [0.15, 0.2) is 0 Å². The molecule has 0 radical (unpaired) electrons. The van der Waals surface area contributed by atoms with Gasteiger partial charge in [0.1, 0.15) is 11.8 Å². The smallest absolute Gasteiger partial charge is 0.315 e. The summed E-state index contributed by atoms with van der Waals surface area (Å²) in [5.74, 6) is 0.194. The zero-order chi connectivity index (χ0) is 25.5. The van der Waals surface area contributed by atoms with Gasteiger partial charge in [0, 0.05) is 24.2 Å². The van der Waals surface area contributed by atoms with Crippen LogP contribution in [-0.4, -0.2) is 48.6 Å². The van der Waals surface area contributed by atoms with Crippen LogP contribution < -0.4 is 26.0 Å². The number of nitrogens with one attached hydrogen (secondary N) is 4. The number of halogens is 1. The molecule has 9 heteroatoms. The highest BCUT2D eigenvalue weighted by Crippen LogP contribution is 2.29. The SMILES string of the molecule is CNC(=O)C(CC1CCC(NC(=O)NC(C)(C)C)CC1)NC(=O)c1ccc(OC(C)C)c(Cl)c1. The second-order valence-electron chi connectivity index (χ2n) is 10.3. The largest absolute Gasteiger partial charge is 0.489 e. The Bertz CT molecular complexity index is 861. The summed E-state index contributed by atoms with van der Waals surface area (Å²) >= 11 is 6.27. The van der Waals surface area contributed by atoms with E-state index in [-0.39, 0.29) is 41.4 Å². The molecular formula is C25H39ClN4O4. The molecule has 0 bridgehead atoms. The molecule has 0 saturated heterocycles. The van der Waals surface area contributed by atoms with E-state index in [1.807, 2.05) is 34.6 Å². The van der Waals surface area contributed by atoms with Crippen molar-refractivity contribution in [2.45, 2.75) is 90.4 Å². The average Bonchev–Trinajstić information content (AvgIpc) is 2.73. The summed E-state index contributed by atoms with van der Waals surface area (Å²) in [5.41, 5.74) is 0.0828. The fourth-order valence-corrected chi connectivity index (χ4v) is 4.30. The second-order valence-corrected chi connectivity index (χ2v) is 10.7. The molecular weight excluding hydrogens is 456 g/mol. The molecule has 1 unspecified atom stereocenters. The molecule has 4 N–H and O–H groups in total. The third-order valence-corrected chi connectivity index (χ3v) is 5.96. The first-order chi connectivity index (χ1) is 15.9. The van der Waals surface area contributed by atoms with E-state index in [1.54, 1.807) is 25.2 Å². The number of hydrogen-bond donors (Lipinski definition) is 4. The molecule has 2 rings (SSSR count). The number of likely N-dealkylation sites (N-methyl/N-ethyl adjacent to an activating group) is 1. The lowest BCUT2D eigenvalue weighted by Crippen LogP contribution is -2.50. The Kier molecular flexibility index (Phi) is 10.0. The lowest BCUT2D eigenvalue weighted by Gasteiger charge is -2.32. The molecule has 0 aliphatic heterocycles. The van der Waals surface area contributed by atoms with E-state index in [4.69, 9.17) is 16.3 Å². The van der Waals surface area contributed by atoms with Crippen molar-refractivity contribution in [3.8, 4) is 5.75 Å². The Balaban J connectivity index is 1.93. The molecule has 1 saturated carbocycles. The van der Waals surface area contributed by atoms with Crippen LogP contribution in [0.4, 0.5) is 4.79 Å². The van der Waals surface area contributed by atoms with Gasteiger partial charge in [-0.3, -0.25) is 9.59 Å². The van der Waals surface area contributed by atoms with Crippen LogP contribution in [0.3, 0.4) is 0 Å². The van der Waals surface area contributed by atoms with Crippen LogP contribution in [0.25, 0.3) is 0 Å². The molecule has 1 aromatic rings. The van der Waals surface area contributed by atoms with Crippen molar-refractivity contribution in [1.82, 2.24) is 21.3 Å². The molecule has 0 spiro atoms. The van der Waals surface area contributed by atoms with Crippen molar-refractivity contribution in [3.05, 3.63) is 28.8 Å². The predicted octanol–water partition coefficient (Wildman–Crippen LogP) is 4.02. The van der Waals surface area contributed by atoms with Crippen molar-refractivity contribution in [2.75, 3.05) is 7.05 Å². The Morgan fingerprint density at radius 3 is 2.29 bits per heavy atom. The predicted molar refractivity (Wildman–Crippen MR) is 134 cm³/mol. The van der Waals surface area contributed by atoms with Crippen LogP contribution in [0.1, 0.15) is 77.1 Å². The van der Waals surface area contributed by atoms with Crippen LogP contribution in [0.15, 0.2) is 18.2 Å². The molecule has 0 heterocycles. The molecule has 4 amide bonds. The topological polar surface area (TPSA) is 109 Å². The monoisotopic (exact) mass is 494 g/mol. The standard InChI is InChI=1S/C25H39ClN4O4/c1-15(2)34-21-12-9-17(14-19(21)26)22(31)29-20(23(32)27-6)13-16-7-10-18(11-8-16)28-24(33)30-25(3,4)5/h9,12,14-16,18,20H,7-8,10-11,13H2,1-6H3,(H,27,32)(H,29,31)(H2,28,30,33). The van der Waals surface area contributed by atoms with E-state index in [1.165, 1.54) is 0 Å². The normalized spacial score (nSPS) is 19.2. The molecule has 8 nitrogen and oxygen atoms in total. The van der Waals surface area contributed by atoms with Gasteiger partial charge in [-0.05, 0) is 90.8 Å². The van der Waals surface area contributed by atoms with E-state index >= 15 is 0 Å². The van der Waals surface area contributed by atoms with Crippen LogP contribution >= 0.6 is 11.6 Å². The lowest BCUT2D eigenvalue weighted by molar-refractivity contribution is -0.123. The second kappa shape index (κ2) is 12.3. The molecule has 190 valence electrons. The van der Waals surface area contributed by atoms with Gasteiger partial charge in [0.2, 0.25) is 5.91 Å². The zero-order valence-corrected chi connectivity index (χ0v) is 21.8. The van der Waals surface area contributed by atoms with Crippen molar-refractivity contribution in [2.24, 2.45) is 5.92 Å². The first kappa shape index (κ1) is 27.8. The maximum absolute atomic E-state index is 12.8. The van der Waals surface area contributed by atoms with Crippen molar-refractivity contribution in [3.63, 3.8) is 0 Å². The van der Waals surface area contributed by atoms with Crippen molar-refractivity contribution < 1.29 is 19.1 Å². The highest BCUT2D eigenvalue weighted by Gasteiger charge is 2.29. The average molecular weight is 495 g/mol. The maximum atomic E-state index is 12.8. The number of ether oxygens (including phenoxy) is 1. The number of hydrogen-bond acceptors (Lipinski definition) is 4. The summed E-state index contributed by atoms with van der Waals surface area (Å²) in [6.45, 7) is 9.62.